The summed E-state index contributed by atoms with van der Waals surface area (Å²) in [6, 6.07) is 11.1. The van der Waals surface area contributed by atoms with Crippen LogP contribution in [0.15, 0.2) is 36.4 Å². The van der Waals surface area contributed by atoms with E-state index in [9.17, 15) is 9.59 Å². The first-order chi connectivity index (χ1) is 7.24. The largest absolute Gasteiger partial charge is 1.00 e. The van der Waals surface area contributed by atoms with Gasteiger partial charge in [0.1, 0.15) is 0 Å². The number of carbonyl (C=O) groups is 2. The fraction of sp³-hybridized carbons (Fsp3) is 0.0769. The van der Waals surface area contributed by atoms with Gasteiger partial charge in [-0.3, -0.25) is 9.59 Å². The Labute approximate surface area is 142 Å². The first-order valence-electron chi connectivity index (χ1n) is 4.72. The maximum absolute atomic E-state index is 11.5. The van der Waals surface area contributed by atoms with Crippen LogP contribution in [0.2, 0.25) is 0 Å². The number of hydrogen-bond acceptors (Lipinski definition) is 2. The molecule has 0 bridgehead atoms. The number of benzene rings is 2. The third kappa shape index (κ3) is 4.83. The van der Waals surface area contributed by atoms with Crippen molar-refractivity contribution in [2.75, 3.05) is 0 Å². The van der Waals surface area contributed by atoms with Crippen LogP contribution in [-0.2, 0) is 18.6 Å². The molecular formula is C13H10Cl3O2V-3. The summed E-state index contributed by atoms with van der Waals surface area (Å²) in [4.78, 5) is 22.3. The van der Waals surface area contributed by atoms with Crippen molar-refractivity contribution >= 4 is 22.8 Å². The average Bonchev–Trinajstić information content (AvgIpc) is 2.27. The van der Waals surface area contributed by atoms with E-state index in [0.717, 1.165) is 17.1 Å². The molecule has 0 aliphatic heterocycles. The predicted molar refractivity (Wildman–Crippen MR) is 59.3 cm³/mol. The summed E-state index contributed by atoms with van der Waals surface area (Å²) in [6.07, 6.45) is 0.725. The Morgan fingerprint density at radius 2 is 1.58 bits per heavy atom. The first kappa shape index (κ1) is 23.6. The molecule has 2 aromatic carbocycles. The van der Waals surface area contributed by atoms with Crippen LogP contribution in [0.4, 0.5) is 0 Å². The minimum atomic E-state index is -0.0751. The maximum atomic E-state index is 11.5. The van der Waals surface area contributed by atoms with E-state index in [0.29, 0.717) is 11.1 Å². The number of halogens is 3. The van der Waals surface area contributed by atoms with Crippen molar-refractivity contribution in [2.24, 2.45) is 0 Å². The van der Waals surface area contributed by atoms with Gasteiger partial charge in [-0.25, -0.2) is 0 Å². The van der Waals surface area contributed by atoms with Crippen LogP contribution >= 0.6 is 0 Å². The zero-order chi connectivity index (χ0) is 10.8. The van der Waals surface area contributed by atoms with Crippen molar-refractivity contribution in [1.82, 2.24) is 0 Å². The van der Waals surface area contributed by atoms with Gasteiger partial charge in [0.2, 0.25) is 0 Å². The van der Waals surface area contributed by atoms with Gasteiger partial charge >= 0.3 is 0 Å². The van der Waals surface area contributed by atoms with Gasteiger partial charge in [-0.05, 0) is 17.7 Å². The van der Waals surface area contributed by atoms with Crippen LogP contribution < -0.4 is 37.2 Å². The molecule has 0 saturated carbocycles. The van der Waals surface area contributed by atoms with Crippen LogP contribution in [0, 0.1) is 0 Å². The van der Waals surface area contributed by atoms with Crippen LogP contribution in [0.5, 0.6) is 0 Å². The van der Waals surface area contributed by atoms with E-state index in [1.165, 1.54) is 6.92 Å². The van der Waals surface area contributed by atoms with E-state index in [4.69, 9.17) is 0 Å². The number of Topliss-reactive ketones (excluding diaryl/α,β-unsaturated/α-hetero) is 1. The number of carbonyl (C=O) groups excluding carboxylic acids is 2. The molecule has 0 aliphatic rings. The molecule has 0 aromatic heterocycles. The molecule has 0 fully saturated rings. The molecule has 103 valence electrons. The van der Waals surface area contributed by atoms with Gasteiger partial charge in [-0.2, -0.15) is 0 Å². The van der Waals surface area contributed by atoms with Gasteiger partial charge in [0.05, 0.1) is 0 Å². The van der Waals surface area contributed by atoms with E-state index in [-0.39, 0.29) is 61.6 Å². The Balaban J connectivity index is -0.000000640. The standard InChI is InChI=1S/C13H10O2.3ClH.V/c1-9(15)13-11(8-14)7-6-10-4-2-3-5-12(10)13;;;;/h2-8H,1H3;3*1H;/p-3. The van der Waals surface area contributed by atoms with Crippen LogP contribution in [0.25, 0.3) is 10.8 Å². The van der Waals surface area contributed by atoms with Gasteiger partial charge in [-0.1, -0.05) is 36.4 Å². The van der Waals surface area contributed by atoms with Gasteiger partial charge < -0.3 is 37.2 Å². The summed E-state index contributed by atoms with van der Waals surface area (Å²) < 4.78 is 0. The summed E-state index contributed by atoms with van der Waals surface area (Å²) in [7, 11) is 0. The average molecular weight is 356 g/mol. The number of rotatable bonds is 2. The van der Waals surface area contributed by atoms with Crippen LogP contribution in [-0.4, -0.2) is 12.1 Å². The molecule has 2 rings (SSSR count). The minimum absolute atomic E-state index is 0. The molecule has 0 atom stereocenters. The number of hydrogen-bond donors (Lipinski definition) is 0. The van der Waals surface area contributed by atoms with E-state index in [1.54, 1.807) is 6.07 Å². The second-order valence-corrected chi connectivity index (χ2v) is 3.42. The van der Waals surface area contributed by atoms with Crippen molar-refractivity contribution in [3.8, 4) is 0 Å². The van der Waals surface area contributed by atoms with E-state index < -0.39 is 0 Å². The molecule has 6 heteroatoms. The molecule has 0 amide bonds. The molecule has 0 heterocycles. The molecule has 2 aromatic rings. The van der Waals surface area contributed by atoms with Gasteiger partial charge in [0, 0.05) is 29.7 Å². The zero-order valence-corrected chi connectivity index (χ0v) is 13.6. The summed E-state index contributed by atoms with van der Waals surface area (Å²) in [5.74, 6) is -0.0751. The molecule has 2 nitrogen and oxygen atoms in total. The molecule has 0 spiro atoms. The van der Waals surface area contributed by atoms with Crippen molar-refractivity contribution in [1.29, 1.82) is 0 Å². The Bertz CT molecular complexity index is 559. The topological polar surface area (TPSA) is 34.1 Å². The molecule has 1 radical (unpaired) electrons. The SMILES string of the molecule is CC(=O)c1c(C=O)ccc2ccccc12.[Cl-].[Cl-].[Cl-].[V]. The van der Waals surface area contributed by atoms with Crippen LogP contribution in [0.3, 0.4) is 0 Å². The van der Waals surface area contributed by atoms with Gasteiger partial charge in [0.25, 0.3) is 0 Å². The third-order valence-corrected chi connectivity index (χ3v) is 2.44. The fourth-order valence-electron chi connectivity index (χ4n) is 1.78. The molecule has 0 N–H and O–H groups in total. The minimum Gasteiger partial charge on any atom is -1.00 e. The summed E-state index contributed by atoms with van der Waals surface area (Å²) in [6.45, 7) is 1.48. The van der Waals surface area contributed by atoms with E-state index in [1.807, 2.05) is 30.3 Å². The first-order valence-corrected chi connectivity index (χ1v) is 4.72. The second-order valence-electron chi connectivity index (χ2n) is 3.42. The van der Waals surface area contributed by atoms with E-state index in [2.05, 4.69) is 0 Å². The molecular weight excluding hydrogens is 345 g/mol. The Kier molecular flexibility index (Phi) is 12.8. The molecule has 0 saturated heterocycles. The summed E-state index contributed by atoms with van der Waals surface area (Å²) >= 11 is 0. The van der Waals surface area contributed by atoms with Crippen molar-refractivity contribution in [3.05, 3.63) is 47.5 Å². The zero-order valence-electron chi connectivity index (χ0n) is 9.94. The Hall–Kier alpha value is -0.506. The summed E-state index contributed by atoms with van der Waals surface area (Å²) in [5, 5.41) is 1.82. The van der Waals surface area contributed by atoms with Gasteiger partial charge in [-0.15, -0.1) is 0 Å². The Morgan fingerprint density at radius 3 is 2.11 bits per heavy atom. The number of fused-ring (bicyclic) bond motifs is 1. The number of aldehydes is 1. The van der Waals surface area contributed by atoms with Crippen molar-refractivity contribution < 1.29 is 65.4 Å². The predicted octanol–water partition coefficient (Wildman–Crippen LogP) is -6.14. The van der Waals surface area contributed by atoms with Crippen molar-refractivity contribution in [2.45, 2.75) is 6.92 Å². The smallest absolute Gasteiger partial charge is 0.161 e. The van der Waals surface area contributed by atoms with E-state index >= 15 is 0 Å². The molecule has 19 heavy (non-hydrogen) atoms. The third-order valence-electron chi connectivity index (χ3n) is 2.44. The van der Waals surface area contributed by atoms with Crippen LogP contribution in [0.1, 0.15) is 27.6 Å². The van der Waals surface area contributed by atoms with Gasteiger partial charge in [0.15, 0.2) is 12.1 Å². The Morgan fingerprint density at radius 1 is 1.00 bits per heavy atom. The van der Waals surface area contributed by atoms with Crippen molar-refractivity contribution in [3.63, 3.8) is 0 Å². The fourth-order valence-corrected chi connectivity index (χ4v) is 1.78. The second kappa shape index (κ2) is 10.3. The maximum Gasteiger partial charge on any atom is 0.161 e. The molecule has 0 unspecified atom stereocenters. The normalized spacial score (nSPS) is 8.05. The summed E-state index contributed by atoms with van der Waals surface area (Å²) in [5.41, 5.74) is 0.976. The quantitative estimate of drug-likeness (QED) is 0.397. The molecule has 0 aliphatic carbocycles. The monoisotopic (exact) mass is 354 g/mol. The number of ketones is 1.